The fraction of sp³-hybridized carbons (Fsp3) is 0.222. The molecule has 1 amide bonds. The normalized spacial score (nSPS) is 10.2. The van der Waals surface area contributed by atoms with Crippen molar-refractivity contribution >= 4 is 29.2 Å². The zero-order valence-electron chi connectivity index (χ0n) is 13.8. The van der Waals surface area contributed by atoms with Gasteiger partial charge < -0.3 is 14.8 Å². The summed E-state index contributed by atoms with van der Waals surface area (Å²) in [5.41, 5.74) is 2.27. The summed E-state index contributed by atoms with van der Waals surface area (Å²) < 4.78 is 22.7. The maximum absolute atomic E-state index is 12.8. The smallest absolute Gasteiger partial charge is 0.344 e. The number of aryl methyl sites for hydroxylation is 2. The summed E-state index contributed by atoms with van der Waals surface area (Å²) in [6, 6.07) is 8.80. The molecule has 0 aliphatic rings. The molecule has 0 bridgehead atoms. The molecule has 132 valence electrons. The van der Waals surface area contributed by atoms with Crippen molar-refractivity contribution in [2.75, 3.05) is 18.5 Å². The van der Waals surface area contributed by atoms with Crippen LogP contribution in [0.5, 0.6) is 5.75 Å². The number of carbonyl (C=O) groups is 2. The molecular formula is C18H17ClFNO4. The van der Waals surface area contributed by atoms with Crippen LogP contribution in [0.2, 0.25) is 5.02 Å². The van der Waals surface area contributed by atoms with Crippen molar-refractivity contribution in [2.45, 2.75) is 13.8 Å². The first-order chi connectivity index (χ1) is 11.8. The standard InChI is InChI=1S/C18H17ClFNO4/c1-11-7-12(2)18(15(19)8-11)21-16(22)9-25-17(23)10-24-14-5-3-13(20)4-6-14/h3-8H,9-10H2,1-2H3,(H,21,22). The molecule has 0 heterocycles. The lowest BCUT2D eigenvalue weighted by Crippen LogP contribution is -2.24. The third-order valence-electron chi connectivity index (χ3n) is 3.23. The topological polar surface area (TPSA) is 64.6 Å². The Labute approximate surface area is 149 Å². The molecule has 0 saturated heterocycles. The Hall–Kier alpha value is -2.60. The third-order valence-corrected chi connectivity index (χ3v) is 3.53. The lowest BCUT2D eigenvalue weighted by Gasteiger charge is -2.12. The number of anilines is 1. The van der Waals surface area contributed by atoms with Gasteiger partial charge in [-0.05, 0) is 55.3 Å². The molecule has 0 aliphatic heterocycles. The van der Waals surface area contributed by atoms with Gasteiger partial charge in [-0.15, -0.1) is 0 Å². The Morgan fingerprint density at radius 2 is 1.80 bits per heavy atom. The van der Waals surface area contributed by atoms with E-state index in [-0.39, 0.29) is 6.61 Å². The van der Waals surface area contributed by atoms with Crippen molar-refractivity contribution in [2.24, 2.45) is 0 Å². The SMILES string of the molecule is Cc1cc(C)c(NC(=O)COC(=O)COc2ccc(F)cc2)c(Cl)c1. The number of esters is 1. The minimum absolute atomic E-state index is 0.324. The van der Waals surface area contributed by atoms with Gasteiger partial charge in [-0.25, -0.2) is 9.18 Å². The van der Waals surface area contributed by atoms with E-state index in [4.69, 9.17) is 21.1 Å². The lowest BCUT2D eigenvalue weighted by atomic mass is 10.1. The molecule has 0 aromatic heterocycles. The molecule has 0 saturated carbocycles. The number of nitrogens with one attached hydrogen (secondary N) is 1. The van der Waals surface area contributed by atoms with Crippen LogP contribution in [0.25, 0.3) is 0 Å². The fourth-order valence-electron chi connectivity index (χ4n) is 2.11. The molecule has 0 radical (unpaired) electrons. The van der Waals surface area contributed by atoms with Gasteiger partial charge in [0.15, 0.2) is 13.2 Å². The highest BCUT2D eigenvalue weighted by atomic mass is 35.5. The number of benzene rings is 2. The van der Waals surface area contributed by atoms with E-state index in [2.05, 4.69) is 5.32 Å². The molecule has 5 nitrogen and oxygen atoms in total. The van der Waals surface area contributed by atoms with Crippen LogP contribution in [0.15, 0.2) is 36.4 Å². The zero-order valence-corrected chi connectivity index (χ0v) is 14.5. The second-order valence-electron chi connectivity index (χ2n) is 5.39. The van der Waals surface area contributed by atoms with Crippen LogP contribution >= 0.6 is 11.6 Å². The summed E-state index contributed by atoms with van der Waals surface area (Å²) >= 11 is 6.10. The van der Waals surface area contributed by atoms with Crippen molar-refractivity contribution in [3.8, 4) is 5.75 Å². The summed E-state index contributed by atoms with van der Waals surface area (Å²) in [5, 5.41) is 3.02. The summed E-state index contributed by atoms with van der Waals surface area (Å²) in [5.74, 6) is -1.31. The van der Waals surface area contributed by atoms with E-state index in [9.17, 15) is 14.0 Å². The molecule has 0 atom stereocenters. The number of hydrogen-bond donors (Lipinski definition) is 1. The van der Waals surface area contributed by atoms with Gasteiger partial charge in [0.1, 0.15) is 11.6 Å². The number of rotatable bonds is 6. The second-order valence-corrected chi connectivity index (χ2v) is 5.80. The summed E-state index contributed by atoms with van der Waals surface area (Å²) in [7, 11) is 0. The monoisotopic (exact) mass is 365 g/mol. The highest BCUT2D eigenvalue weighted by Gasteiger charge is 2.12. The predicted octanol–water partition coefficient (Wildman–Crippen LogP) is 3.66. The number of ether oxygens (including phenoxy) is 2. The Bertz CT molecular complexity index is 754. The highest BCUT2D eigenvalue weighted by Crippen LogP contribution is 2.27. The second kappa shape index (κ2) is 8.48. The molecule has 0 unspecified atom stereocenters. The Morgan fingerprint density at radius 1 is 1.12 bits per heavy atom. The van der Waals surface area contributed by atoms with E-state index >= 15 is 0 Å². The molecule has 2 aromatic carbocycles. The molecule has 7 heteroatoms. The first-order valence-electron chi connectivity index (χ1n) is 7.45. The molecule has 0 aliphatic carbocycles. The molecule has 0 fully saturated rings. The van der Waals surface area contributed by atoms with Gasteiger partial charge in [0.25, 0.3) is 5.91 Å². The third kappa shape index (κ3) is 5.76. The largest absolute Gasteiger partial charge is 0.482 e. The number of carbonyl (C=O) groups excluding carboxylic acids is 2. The van der Waals surface area contributed by atoms with Gasteiger partial charge in [-0.2, -0.15) is 0 Å². The van der Waals surface area contributed by atoms with Crippen molar-refractivity contribution < 1.29 is 23.5 Å². The van der Waals surface area contributed by atoms with Crippen LogP contribution in [0.4, 0.5) is 10.1 Å². The van der Waals surface area contributed by atoms with Gasteiger partial charge in [0.05, 0.1) is 10.7 Å². The summed E-state index contributed by atoms with van der Waals surface area (Å²) in [6.07, 6.45) is 0. The van der Waals surface area contributed by atoms with Gasteiger partial charge in [-0.3, -0.25) is 4.79 Å². The average molecular weight is 366 g/mol. The highest BCUT2D eigenvalue weighted by molar-refractivity contribution is 6.34. The summed E-state index contributed by atoms with van der Waals surface area (Å²) in [6.45, 7) is 2.86. The molecule has 1 N–H and O–H groups in total. The average Bonchev–Trinajstić information content (AvgIpc) is 2.55. The molecule has 0 spiro atoms. The molecule has 2 aromatic rings. The summed E-state index contributed by atoms with van der Waals surface area (Å²) in [4.78, 5) is 23.5. The first kappa shape index (κ1) is 18.7. The van der Waals surface area contributed by atoms with E-state index in [0.717, 1.165) is 11.1 Å². The van der Waals surface area contributed by atoms with Gasteiger partial charge in [0, 0.05) is 0 Å². The molecular weight excluding hydrogens is 349 g/mol. The number of amides is 1. The van der Waals surface area contributed by atoms with E-state index in [1.54, 1.807) is 6.07 Å². The lowest BCUT2D eigenvalue weighted by molar-refractivity contribution is -0.149. The van der Waals surface area contributed by atoms with Gasteiger partial charge in [-0.1, -0.05) is 17.7 Å². The van der Waals surface area contributed by atoms with Crippen LogP contribution in [-0.2, 0) is 14.3 Å². The van der Waals surface area contributed by atoms with Crippen molar-refractivity contribution in [3.05, 3.63) is 58.4 Å². The number of hydrogen-bond acceptors (Lipinski definition) is 4. The van der Waals surface area contributed by atoms with E-state index < -0.39 is 24.3 Å². The van der Waals surface area contributed by atoms with Crippen molar-refractivity contribution in [1.29, 1.82) is 0 Å². The first-order valence-corrected chi connectivity index (χ1v) is 7.83. The fourth-order valence-corrected chi connectivity index (χ4v) is 2.48. The van der Waals surface area contributed by atoms with Crippen LogP contribution in [-0.4, -0.2) is 25.1 Å². The minimum Gasteiger partial charge on any atom is -0.482 e. The Kier molecular flexibility index (Phi) is 6.36. The molecule has 2 rings (SSSR count). The van der Waals surface area contributed by atoms with Crippen molar-refractivity contribution in [3.63, 3.8) is 0 Å². The van der Waals surface area contributed by atoms with Crippen LogP contribution in [0.3, 0.4) is 0 Å². The van der Waals surface area contributed by atoms with Gasteiger partial charge >= 0.3 is 5.97 Å². The van der Waals surface area contributed by atoms with E-state index in [1.165, 1.54) is 24.3 Å². The van der Waals surface area contributed by atoms with E-state index in [0.29, 0.717) is 16.5 Å². The minimum atomic E-state index is -0.716. The van der Waals surface area contributed by atoms with Crippen LogP contribution < -0.4 is 10.1 Å². The van der Waals surface area contributed by atoms with Crippen LogP contribution in [0, 0.1) is 19.7 Å². The number of halogens is 2. The molecule has 25 heavy (non-hydrogen) atoms. The predicted molar refractivity (Wildman–Crippen MR) is 92.4 cm³/mol. The maximum Gasteiger partial charge on any atom is 0.344 e. The van der Waals surface area contributed by atoms with Crippen LogP contribution in [0.1, 0.15) is 11.1 Å². The Morgan fingerprint density at radius 3 is 2.44 bits per heavy atom. The van der Waals surface area contributed by atoms with Crippen molar-refractivity contribution in [1.82, 2.24) is 0 Å². The van der Waals surface area contributed by atoms with Gasteiger partial charge in [0.2, 0.25) is 0 Å². The quantitative estimate of drug-likeness (QED) is 0.793. The Balaban J connectivity index is 1.79. The zero-order chi connectivity index (χ0) is 18.4. The maximum atomic E-state index is 12.8. The van der Waals surface area contributed by atoms with E-state index in [1.807, 2.05) is 19.9 Å².